The molecule has 1 saturated carbocycles. The summed E-state index contributed by atoms with van der Waals surface area (Å²) in [5.41, 5.74) is 0. The summed E-state index contributed by atoms with van der Waals surface area (Å²) in [6, 6.07) is 0. The van der Waals surface area contributed by atoms with Gasteiger partial charge in [0, 0.05) is 13.1 Å². The summed E-state index contributed by atoms with van der Waals surface area (Å²) < 4.78 is 7.85. The number of aryl methyl sites for hydroxylation is 1. The lowest BCUT2D eigenvalue weighted by molar-refractivity contribution is -0.0452. The molecular formula is C15H28N4O2. The van der Waals surface area contributed by atoms with Crippen LogP contribution in [-0.4, -0.2) is 45.2 Å². The minimum atomic E-state index is -0.475. The first kappa shape index (κ1) is 16.4. The van der Waals surface area contributed by atoms with Crippen LogP contribution in [0.3, 0.4) is 0 Å². The Hall–Kier alpha value is -0.980. The zero-order valence-electron chi connectivity index (χ0n) is 13.2. The summed E-state index contributed by atoms with van der Waals surface area (Å²) in [6.45, 7) is 6.69. The van der Waals surface area contributed by atoms with Crippen molar-refractivity contribution in [2.45, 2.75) is 64.8 Å². The minimum Gasteiger partial charge on any atom is -0.389 e. The third-order valence-electron chi connectivity index (χ3n) is 4.23. The van der Waals surface area contributed by atoms with Crippen LogP contribution >= 0.6 is 0 Å². The van der Waals surface area contributed by atoms with Crippen molar-refractivity contribution >= 4 is 0 Å². The van der Waals surface area contributed by atoms with Crippen LogP contribution in [-0.2, 0) is 17.8 Å². The number of rotatable bonds is 8. The Kier molecular flexibility index (Phi) is 6.60. The molecule has 6 heteroatoms. The Morgan fingerprint density at radius 1 is 1.48 bits per heavy atom. The normalized spacial score (nSPS) is 24.1. The number of ether oxygens (including phenoxy) is 1. The average molecular weight is 296 g/mol. The molecule has 1 fully saturated rings. The summed E-state index contributed by atoms with van der Waals surface area (Å²) in [5.74, 6) is 1.51. The third-order valence-corrected chi connectivity index (χ3v) is 4.23. The number of nitrogens with zero attached hydrogens (tertiary/aromatic N) is 3. The molecule has 1 aliphatic carbocycles. The van der Waals surface area contributed by atoms with Crippen molar-refractivity contribution < 1.29 is 9.84 Å². The maximum atomic E-state index is 9.99. The average Bonchev–Trinajstić information content (AvgIpc) is 2.94. The fraction of sp³-hybridized carbons (Fsp3) is 0.867. The highest BCUT2D eigenvalue weighted by Crippen LogP contribution is 2.26. The van der Waals surface area contributed by atoms with Gasteiger partial charge in [-0.2, -0.15) is 0 Å². The standard InChI is InChI=1S/C15H28N4O2/c1-3-19-11-17-18-15(19)9-16-8-13(20)10-21-14-7-5-4-6-12(14)2/h11-14,16,20H,3-10H2,1-2H3. The Bertz CT molecular complexity index is 410. The van der Waals surface area contributed by atoms with Crippen molar-refractivity contribution in [1.29, 1.82) is 0 Å². The number of hydrogen-bond donors (Lipinski definition) is 2. The van der Waals surface area contributed by atoms with Crippen LogP contribution in [0.4, 0.5) is 0 Å². The number of nitrogens with one attached hydrogen (secondary N) is 1. The van der Waals surface area contributed by atoms with Crippen molar-refractivity contribution in [3.8, 4) is 0 Å². The molecule has 0 spiro atoms. The van der Waals surface area contributed by atoms with Gasteiger partial charge in [0.15, 0.2) is 0 Å². The molecule has 0 radical (unpaired) electrons. The van der Waals surface area contributed by atoms with Crippen LogP contribution < -0.4 is 5.32 Å². The lowest BCUT2D eigenvalue weighted by Gasteiger charge is -2.29. The maximum Gasteiger partial charge on any atom is 0.146 e. The Morgan fingerprint density at radius 2 is 2.29 bits per heavy atom. The van der Waals surface area contributed by atoms with Crippen molar-refractivity contribution in [2.75, 3.05) is 13.2 Å². The number of aliphatic hydroxyl groups excluding tert-OH is 1. The lowest BCUT2D eigenvalue weighted by Crippen LogP contribution is -2.34. The van der Waals surface area contributed by atoms with E-state index in [2.05, 4.69) is 29.4 Å². The van der Waals surface area contributed by atoms with Crippen LogP contribution in [0.2, 0.25) is 0 Å². The fourth-order valence-electron chi connectivity index (χ4n) is 2.85. The molecule has 6 nitrogen and oxygen atoms in total. The van der Waals surface area contributed by atoms with Gasteiger partial charge in [-0.15, -0.1) is 10.2 Å². The largest absolute Gasteiger partial charge is 0.389 e. The number of aliphatic hydroxyl groups is 1. The van der Waals surface area contributed by atoms with Gasteiger partial charge in [0.2, 0.25) is 0 Å². The molecular weight excluding hydrogens is 268 g/mol. The first-order valence-corrected chi connectivity index (χ1v) is 8.07. The smallest absolute Gasteiger partial charge is 0.146 e. The summed E-state index contributed by atoms with van der Waals surface area (Å²) in [7, 11) is 0. The number of aromatic nitrogens is 3. The summed E-state index contributed by atoms with van der Waals surface area (Å²) in [6.07, 6.45) is 6.49. The fourth-order valence-corrected chi connectivity index (χ4v) is 2.85. The van der Waals surface area contributed by atoms with Gasteiger partial charge in [-0.3, -0.25) is 0 Å². The SMILES string of the molecule is CCn1cnnc1CNCC(O)COC1CCCCC1C. The molecule has 1 aliphatic rings. The second-order valence-electron chi connectivity index (χ2n) is 5.95. The van der Waals surface area contributed by atoms with Gasteiger partial charge in [0.1, 0.15) is 12.2 Å². The third kappa shape index (κ3) is 5.05. The van der Waals surface area contributed by atoms with Crippen molar-refractivity contribution in [2.24, 2.45) is 5.92 Å². The molecule has 21 heavy (non-hydrogen) atoms. The molecule has 1 aromatic rings. The van der Waals surface area contributed by atoms with Crippen molar-refractivity contribution in [3.63, 3.8) is 0 Å². The van der Waals surface area contributed by atoms with E-state index in [9.17, 15) is 5.11 Å². The van der Waals surface area contributed by atoms with Gasteiger partial charge in [-0.05, 0) is 25.7 Å². The zero-order chi connectivity index (χ0) is 15.1. The van der Waals surface area contributed by atoms with Crippen LogP contribution in [0.15, 0.2) is 6.33 Å². The molecule has 2 rings (SSSR count). The van der Waals surface area contributed by atoms with Gasteiger partial charge in [-0.25, -0.2) is 0 Å². The minimum absolute atomic E-state index is 0.316. The van der Waals surface area contributed by atoms with Gasteiger partial charge in [-0.1, -0.05) is 19.8 Å². The Labute approximate surface area is 126 Å². The maximum absolute atomic E-state index is 9.99. The van der Waals surface area contributed by atoms with Crippen LogP contribution in [0.1, 0.15) is 45.4 Å². The van der Waals surface area contributed by atoms with Crippen LogP contribution in [0, 0.1) is 5.92 Å². The molecule has 0 aromatic carbocycles. The van der Waals surface area contributed by atoms with E-state index < -0.39 is 6.10 Å². The quantitative estimate of drug-likeness (QED) is 0.757. The van der Waals surface area contributed by atoms with Crippen molar-refractivity contribution in [1.82, 2.24) is 20.1 Å². The van der Waals surface area contributed by atoms with Gasteiger partial charge >= 0.3 is 0 Å². The van der Waals surface area contributed by atoms with E-state index in [1.807, 2.05) is 4.57 Å². The van der Waals surface area contributed by atoms with Crippen LogP contribution in [0.5, 0.6) is 0 Å². The Morgan fingerprint density at radius 3 is 3.05 bits per heavy atom. The molecule has 120 valence electrons. The van der Waals surface area contributed by atoms with Crippen LogP contribution in [0.25, 0.3) is 0 Å². The lowest BCUT2D eigenvalue weighted by atomic mass is 9.88. The highest BCUT2D eigenvalue weighted by atomic mass is 16.5. The molecule has 1 heterocycles. The van der Waals surface area contributed by atoms with Gasteiger partial charge < -0.3 is 19.7 Å². The predicted molar refractivity (Wildman–Crippen MR) is 80.8 cm³/mol. The zero-order valence-corrected chi connectivity index (χ0v) is 13.2. The monoisotopic (exact) mass is 296 g/mol. The van der Waals surface area contributed by atoms with E-state index in [1.165, 1.54) is 19.3 Å². The molecule has 2 N–H and O–H groups in total. The molecule has 0 amide bonds. The second kappa shape index (κ2) is 8.46. The van der Waals surface area contributed by atoms with E-state index in [-0.39, 0.29) is 0 Å². The highest BCUT2D eigenvalue weighted by Gasteiger charge is 2.22. The first-order valence-electron chi connectivity index (χ1n) is 8.07. The molecule has 0 bridgehead atoms. The summed E-state index contributed by atoms with van der Waals surface area (Å²) in [4.78, 5) is 0. The van der Waals surface area contributed by atoms with E-state index in [1.54, 1.807) is 6.33 Å². The topological polar surface area (TPSA) is 72.2 Å². The van der Waals surface area contributed by atoms with E-state index in [0.717, 1.165) is 18.8 Å². The second-order valence-corrected chi connectivity index (χ2v) is 5.95. The van der Waals surface area contributed by atoms with E-state index >= 15 is 0 Å². The number of hydrogen-bond acceptors (Lipinski definition) is 5. The first-order chi connectivity index (χ1) is 10.2. The van der Waals surface area contributed by atoms with E-state index in [4.69, 9.17) is 4.74 Å². The highest BCUT2D eigenvalue weighted by molar-refractivity contribution is 4.84. The molecule has 3 atom stereocenters. The Balaban J connectivity index is 1.62. The van der Waals surface area contributed by atoms with E-state index in [0.29, 0.717) is 31.7 Å². The summed E-state index contributed by atoms with van der Waals surface area (Å²) >= 11 is 0. The summed E-state index contributed by atoms with van der Waals surface area (Å²) in [5, 5.41) is 21.1. The van der Waals surface area contributed by atoms with Gasteiger partial charge in [0.25, 0.3) is 0 Å². The molecule has 3 unspecified atom stereocenters. The molecule has 0 saturated heterocycles. The van der Waals surface area contributed by atoms with Crippen molar-refractivity contribution in [3.05, 3.63) is 12.2 Å². The molecule has 1 aromatic heterocycles. The van der Waals surface area contributed by atoms with Gasteiger partial charge in [0.05, 0.1) is 25.4 Å². The molecule has 0 aliphatic heterocycles. The predicted octanol–water partition coefficient (Wildman–Crippen LogP) is 1.34.